The van der Waals surface area contributed by atoms with Crippen molar-refractivity contribution in [3.63, 3.8) is 0 Å². The average molecular weight is 558 g/mol. The normalized spacial score (nSPS) is 11.1. The van der Waals surface area contributed by atoms with Crippen molar-refractivity contribution in [1.29, 1.82) is 5.26 Å². The molecule has 0 fully saturated rings. The largest absolute Gasteiger partial charge is 0.497 e. The monoisotopic (exact) mass is 557 g/mol. The fourth-order valence-electron chi connectivity index (χ4n) is 5.04. The number of benzene rings is 3. The van der Waals surface area contributed by atoms with E-state index >= 15 is 0 Å². The highest BCUT2D eigenvalue weighted by atomic mass is 35.5. The number of carbonyl (C=O) groups excluding carboxylic acids is 1. The van der Waals surface area contributed by atoms with E-state index in [9.17, 15) is 10.1 Å². The predicted octanol–water partition coefficient (Wildman–Crippen LogP) is 7.18. The quantitative estimate of drug-likeness (QED) is 0.170. The number of hydrogen-bond acceptors (Lipinski definition) is 6. The molecule has 0 spiro atoms. The Labute approximate surface area is 236 Å². The van der Waals surface area contributed by atoms with Gasteiger partial charge in [-0.3, -0.25) is 0 Å². The molecule has 6 nitrogen and oxygen atoms in total. The summed E-state index contributed by atoms with van der Waals surface area (Å²) in [7, 11) is 3.06. The molecule has 0 aliphatic heterocycles. The Morgan fingerprint density at radius 2 is 1.85 bits per heavy atom. The third-order valence-corrected chi connectivity index (χ3v) is 8.28. The van der Waals surface area contributed by atoms with Crippen LogP contribution in [0, 0.1) is 11.3 Å². The van der Waals surface area contributed by atoms with Crippen LogP contribution in [0.4, 0.5) is 0 Å². The molecule has 0 unspecified atom stereocenters. The molecule has 0 radical (unpaired) electrons. The molecule has 5 aromatic rings. The predicted molar refractivity (Wildman–Crippen MR) is 156 cm³/mol. The number of thiazole rings is 1. The lowest BCUT2D eigenvalue weighted by atomic mass is 9.99. The number of nitriles is 1. The van der Waals surface area contributed by atoms with Crippen molar-refractivity contribution in [2.75, 3.05) is 14.2 Å². The molecule has 0 atom stereocenters. The molecule has 198 valence electrons. The Kier molecular flexibility index (Phi) is 8.16. The number of halogens is 1. The van der Waals surface area contributed by atoms with Crippen LogP contribution in [0.15, 0.2) is 60.7 Å². The molecule has 2 heterocycles. The van der Waals surface area contributed by atoms with Gasteiger partial charge in [0, 0.05) is 34.6 Å². The van der Waals surface area contributed by atoms with Crippen molar-refractivity contribution in [3.05, 3.63) is 93.1 Å². The molecule has 0 bridgehead atoms. The average Bonchev–Trinajstić information content (AvgIpc) is 3.51. The summed E-state index contributed by atoms with van der Waals surface area (Å²) in [5, 5.41) is 12.2. The van der Waals surface area contributed by atoms with E-state index in [-0.39, 0.29) is 5.97 Å². The van der Waals surface area contributed by atoms with E-state index < -0.39 is 0 Å². The molecule has 3 aromatic carbocycles. The van der Waals surface area contributed by atoms with Gasteiger partial charge in [0.05, 0.1) is 47.5 Å². The SMILES string of the molecule is COC(=O)c1ccc2c(c1)c(CCc1ccc(Cl)cc1)c(CCc1nc3ccc(OC)cc3s1)n2CCC#N. The van der Waals surface area contributed by atoms with Gasteiger partial charge in [0.1, 0.15) is 5.75 Å². The molecule has 0 amide bonds. The minimum Gasteiger partial charge on any atom is -0.497 e. The lowest BCUT2D eigenvalue weighted by Crippen LogP contribution is -2.07. The third-order valence-electron chi connectivity index (χ3n) is 6.95. The molecule has 2 aromatic heterocycles. The summed E-state index contributed by atoms with van der Waals surface area (Å²) in [5.41, 5.74) is 6.05. The zero-order valence-electron chi connectivity index (χ0n) is 21.9. The Bertz CT molecular complexity index is 1680. The van der Waals surface area contributed by atoms with Crippen molar-refractivity contribution in [1.82, 2.24) is 9.55 Å². The van der Waals surface area contributed by atoms with E-state index in [1.807, 2.05) is 54.6 Å². The van der Waals surface area contributed by atoms with Crippen molar-refractivity contribution in [3.8, 4) is 11.8 Å². The molecular weight excluding hydrogens is 530 g/mol. The second-order valence-electron chi connectivity index (χ2n) is 9.28. The second kappa shape index (κ2) is 11.9. The Balaban J connectivity index is 1.55. The van der Waals surface area contributed by atoms with E-state index in [1.54, 1.807) is 24.5 Å². The number of methoxy groups -OCH3 is 2. The number of fused-ring (bicyclic) bond motifs is 2. The first-order valence-corrected chi connectivity index (χ1v) is 14.0. The van der Waals surface area contributed by atoms with Crippen molar-refractivity contribution in [2.45, 2.75) is 38.6 Å². The number of hydrogen-bond donors (Lipinski definition) is 0. The highest BCUT2D eigenvalue weighted by molar-refractivity contribution is 7.18. The maximum absolute atomic E-state index is 12.4. The van der Waals surface area contributed by atoms with Crippen LogP contribution in [0.3, 0.4) is 0 Å². The van der Waals surface area contributed by atoms with Gasteiger partial charge in [0.15, 0.2) is 0 Å². The van der Waals surface area contributed by atoms with Crippen LogP contribution in [0.5, 0.6) is 5.75 Å². The lowest BCUT2D eigenvalue weighted by Gasteiger charge is -2.11. The zero-order chi connectivity index (χ0) is 27.4. The summed E-state index contributed by atoms with van der Waals surface area (Å²) in [6.45, 7) is 0.581. The standard InChI is InChI=1S/C31H28ClN3O3S/c1-37-23-10-12-26-29(19-23)39-30(34-26)15-14-27-24(11-6-20-4-8-22(32)9-5-20)25-18-21(31(36)38-2)7-13-28(25)35(27)17-3-16-33/h4-5,7-10,12-13,18-19H,3,6,11,14-15,17H2,1-2H3. The van der Waals surface area contributed by atoms with Gasteiger partial charge in [-0.15, -0.1) is 11.3 Å². The Morgan fingerprint density at radius 1 is 1.03 bits per heavy atom. The van der Waals surface area contributed by atoms with Crippen LogP contribution in [0.2, 0.25) is 5.02 Å². The molecule has 5 rings (SSSR count). The number of nitrogens with zero attached hydrogens (tertiary/aromatic N) is 3. The minimum absolute atomic E-state index is 0.364. The summed E-state index contributed by atoms with van der Waals surface area (Å²) >= 11 is 7.78. The Hall–Kier alpha value is -3.86. The highest BCUT2D eigenvalue weighted by Gasteiger charge is 2.20. The molecule has 39 heavy (non-hydrogen) atoms. The van der Waals surface area contributed by atoms with Crippen LogP contribution in [-0.4, -0.2) is 29.7 Å². The highest BCUT2D eigenvalue weighted by Crippen LogP contribution is 2.32. The van der Waals surface area contributed by atoms with Gasteiger partial charge in [0.2, 0.25) is 0 Å². The van der Waals surface area contributed by atoms with Crippen molar-refractivity contribution < 1.29 is 14.3 Å². The summed E-state index contributed by atoms with van der Waals surface area (Å²) in [6.07, 6.45) is 3.54. The zero-order valence-corrected chi connectivity index (χ0v) is 23.4. The van der Waals surface area contributed by atoms with E-state index in [0.29, 0.717) is 23.6 Å². The topological polar surface area (TPSA) is 77.1 Å². The van der Waals surface area contributed by atoms with Crippen LogP contribution in [0.1, 0.15) is 38.6 Å². The number of esters is 1. The summed E-state index contributed by atoms with van der Waals surface area (Å²) in [6, 6.07) is 21.8. The van der Waals surface area contributed by atoms with Gasteiger partial charge in [-0.05, 0) is 78.9 Å². The van der Waals surface area contributed by atoms with Crippen LogP contribution in [0.25, 0.3) is 21.1 Å². The fourth-order valence-corrected chi connectivity index (χ4v) is 6.16. The number of aryl methyl sites for hydroxylation is 4. The minimum atomic E-state index is -0.364. The van der Waals surface area contributed by atoms with Gasteiger partial charge in [-0.1, -0.05) is 23.7 Å². The van der Waals surface area contributed by atoms with Crippen molar-refractivity contribution >= 4 is 50.0 Å². The second-order valence-corrected chi connectivity index (χ2v) is 10.8. The maximum atomic E-state index is 12.4. The number of aromatic nitrogens is 2. The van der Waals surface area contributed by atoms with Gasteiger partial charge in [-0.2, -0.15) is 5.26 Å². The first-order valence-electron chi connectivity index (χ1n) is 12.8. The van der Waals surface area contributed by atoms with E-state index in [0.717, 1.165) is 57.6 Å². The molecule has 0 aliphatic carbocycles. The summed E-state index contributed by atoms with van der Waals surface area (Å²) in [4.78, 5) is 17.2. The van der Waals surface area contributed by atoms with Gasteiger partial charge < -0.3 is 14.0 Å². The van der Waals surface area contributed by atoms with Gasteiger partial charge >= 0.3 is 5.97 Å². The summed E-state index contributed by atoms with van der Waals surface area (Å²) < 4.78 is 13.7. The molecule has 0 aliphatic rings. The number of carbonyl (C=O) groups is 1. The van der Waals surface area contributed by atoms with Gasteiger partial charge in [0.25, 0.3) is 0 Å². The molecular formula is C31H28ClN3O3S. The van der Waals surface area contributed by atoms with E-state index in [2.05, 4.69) is 10.6 Å². The summed E-state index contributed by atoms with van der Waals surface area (Å²) in [5.74, 6) is 0.456. The molecule has 8 heteroatoms. The van der Waals surface area contributed by atoms with E-state index in [1.165, 1.54) is 23.9 Å². The lowest BCUT2D eigenvalue weighted by molar-refractivity contribution is 0.0601. The van der Waals surface area contributed by atoms with Crippen LogP contribution < -0.4 is 4.74 Å². The number of ether oxygens (including phenoxy) is 2. The maximum Gasteiger partial charge on any atom is 0.337 e. The fraction of sp³-hybridized carbons (Fsp3) is 0.258. The van der Waals surface area contributed by atoms with Crippen LogP contribution >= 0.6 is 22.9 Å². The molecule has 0 saturated carbocycles. The number of rotatable bonds is 10. The molecule has 0 saturated heterocycles. The smallest absolute Gasteiger partial charge is 0.337 e. The Morgan fingerprint density at radius 3 is 2.59 bits per heavy atom. The van der Waals surface area contributed by atoms with Crippen molar-refractivity contribution in [2.24, 2.45) is 0 Å². The third kappa shape index (κ3) is 5.78. The first-order chi connectivity index (χ1) is 19.0. The molecule has 0 N–H and O–H groups in total. The van der Waals surface area contributed by atoms with Crippen LogP contribution in [-0.2, 0) is 37.0 Å². The van der Waals surface area contributed by atoms with Gasteiger partial charge in [-0.25, -0.2) is 9.78 Å². The van der Waals surface area contributed by atoms with E-state index in [4.69, 9.17) is 26.1 Å². The first kappa shape index (κ1) is 26.7.